The van der Waals surface area contributed by atoms with E-state index >= 15 is 0 Å². The Balaban J connectivity index is 1.47. The highest BCUT2D eigenvalue weighted by atomic mass is 19.1. The van der Waals surface area contributed by atoms with Crippen molar-refractivity contribution in [2.45, 2.75) is 44.5 Å². The van der Waals surface area contributed by atoms with Crippen LogP contribution in [0, 0.1) is 17.5 Å². The minimum absolute atomic E-state index is 0.00847. The first-order valence-corrected chi connectivity index (χ1v) is 10.6. The van der Waals surface area contributed by atoms with E-state index in [0.29, 0.717) is 18.6 Å². The number of hydroxylamine groups is 1. The monoisotopic (exact) mass is 479 g/mol. The number of carbonyl (C=O) groups is 2. The molecular weight excluding hydrogens is 459 g/mol. The van der Waals surface area contributed by atoms with E-state index in [-0.39, 0.29) is 30.9 Å². The second kappa shape index (κ2) is 8.42. The Labute approximate surface area is 190 Å². The highest BCUT2D eigenvalue weighted by Crippen LogP contribution is 2.36. The Morgan fingerprint density at radius 2 is 1.91 bits per heavy atom. The van der Waals surface area contributed by atoms with Crippen LogP contribution in [-0.2, 0) is 17.9 Å². The summed E-state index contributed by atoms with van der Waals surface area (Å²) in [4.78, 5) is 49.7. The van der Waals surface area contributed by atoms with Gasteiger partial charge in [0.15, 0.2) is 5.69 Å². The summed E-state index contributed by atoms with van der Waals surface area (Å²) in [5.74, 6) is -0.216. The molecule has 0 radical (unpaired) electrons. The van der Waals surface area contributed by atoms with E-state index in [0.717, 1.165) is 12.8 Å². The number of amides is 2. The zero-order valence-corrected chi connectivity index (χ0v) is 17.7. The zero-order valence-electron chi connectivity index (χ0n) is 17.7. The molecule has 2 atom stereocenters. The van der Waals surface area contributed by atoms with Crippen molar-refractivity contribution in [3.8, 4) is 5.75 Å². The summed E-state index contributed by atoms with van der Waals surface area (Å²) in [5, 5.41) is 5.15. The van der Waals surface area contributed by atoms with E-state index in [9.17, 15) is 27.6 Å². The molecule has 2 bridgehead atoms. The summed E-state index contributed by atoms with van der Waals surface area (Å²) in [6.45, 7) is -0.227. The Hall–Kier alpha value is -3.42. The van der Waals surface area contributed by atoms with Gasteiger partial charge in [-0.05, 0) is 19.3 Å². The lowest BCUT2D eigenvalue weighted by molar-refractivity contribution is -0.315. The summed E-state index contributed by atoms with van der Waals surface area (Å²) in [6.07, 6.45) is 3.40. The molecule has 5 rings (SSSR count). The quantitative estimate of drug-likeness (QED) is 0.628. The lowest BCUT2D eigenvalue weighted by Crippen LogP contribution is -2.54. The van der Waals surface area contributed by atoms with Gasteiger partial charge in [0.2, 0.25) is 11.2 Å². The third-order valence-electron chi connectivity index (χ3n) is 6.29. The van der Waals surface area contributed by atoms with Crippen LogP contribution >= 0.6 is 0 Å². The van der Waals surface area contributed by atoms with Gasteiger partial charge in [0.25, 0.3) is 11.8 Å². The highest BCUT2D eigenvalue weighted by molar-refractivity contribution is 5.98. The van der Waals surface area contributed by atoms with Gasteiger partial charge in [-0.3, -0.25) is 19.2 Å². The van der Waals surface area contributed by atoms with Gasteiger partial charge in [-0.2, -0.15) is 5.90 Å². The van der Waals surface area contributed by atoms with E-state index in [1.165, 1.54) is 20.9 Å². The topological polar surface area (TPSA) is 119 Å². The number of halogens is 3. The van der Waals surface area contributed by atoms with Gasteiger partial charge >= 0.3 is 0 Å². The van der Waals surface area contributed by atoms with E-state index in [1.54, 1.807) is 0 Å². The number of hydrogen-bond donors (Lipinski definition) is 2. The predicted molar refractivity (Wildman–Crippen MR) is 108 cm³/mol. The van der Waals surface area contributed by atoms with Gasteiger partial charge in [-0.15, -0.1) is 0 Å². The molecule has 1 unspecified atom stereocenters. The van der Waals surface area contributed by atoms with Crippen molar-refractivity contribution < 1.29 is 32.4 Å². The Morgan fingerprint density at radius 3 is 2.62 bits per heavy atom. The number of nitrogens with one attached hydrogen (secondary N) is 1. The molecule has 0 spiro atoms. The predicted octanol–water partition coefficient (Wildman–Crippen LogP) is 0.987. The van der Waals surface area contributed by atoms with Crippen molar-refractivity contribution in [1.82, 2.24) is 20.1 Å². The van der Waals surface area contributed by atoms with Gasteiger partial charge in [0.05, 0.1) is 18.7 Å². The second-order valence-corrected chi connectivity index (χ2v) is 8.31. The van der Waals surface area contributed by atoms with Crippen molar-refractivity contribution in [2.75, 3.05) is 6.54 Å². The third-order valence-corrected chi connectivity index (χ3v) is 6.29. The first-order valence-electron chi connectivity index (χ1n) is 10.6. The van der Waals surface area contributed by atoms with Crippen LogP contribution in [0.15, 0.2) is 23.1 Å². The maximum Gasteiger partial charge on any atom is 0.290 e. The number of carbonyl (C=O) groups excluding carboxylic acids is 2. The van der Waals surface area contributed by atoms with Crippen LogP contribution < -0.4 is 21.5 Å². The fourth-order valence-electron chi connectivity index (χ4n) is 4.68. The fourth-order valence-corrected chi connectivity index (χ4v) is 4.68. The molecule has 2 aliphatic heterocycles. The van der Waals surface area contributed by atoms with Crippen LogP contribution in [0.2, 0.25) is 0 Å². The Bertz CT molecular complexity index is 1230. The van der Waals surface area contributed by atoms with Crippen molar-refractivity contribution in [3.05, 3.63) is 62.8 Å². The molecule has 1 saturated carbocycles. The summed E-state index contributed by atoms with van der Waals surface area (Å²) in [6, 6.07) is 0.862. The minimum Gasteiger partial charge on any atom is -0.405 e. The van der Waals surface area contributed by atoms with Crippen LogP contribution in [0.5, 0.6) is 5.75 Å². The van der Waals surface area contributed by atoms with Crippen LogP contribution in [0.25, 0.3) is 0 Å². The molecule has 1 saturated heterocycles. The van der Waals surface area contributed by atoms with Crippen LogP contribution in [-0.4, -0.2) is 45.3 Å². The molecule has 1 aromatic carbocycles. The molecule has 34 heavy (non-hydrogen) atoms. The maximum atomic E-state index is 13.9. The van der Waals surface area contributed by atoms with Crippen LogP contribution in [0.4, 0.5) is 13.2 Å². The number of rotatable bonds is 4. The molecule has 1 aliphatic carbocycles. The van der Waals surface area contributed by atoms with Gasteiger partial charge in [-0.25, -0.2) is 18.2 Å². The first-order chi connectivity index (χ1) is 16.3. The summed E-state index contributed by atoms with van der Waals surface area (Å²) < 4.78 is 42.3. The highest BCUT2D eigenvalue weighted by Gasteiger charge is 2.46. The standard InChI is InChI=1S/C21H20F3N5O5/c22-10-5-15(23)13(16(24)6-10)8-26-20(31)14-9-27-3-4-28-29(11-1-2-12(7-11)34-28)21(32)17(27)19(33-25)18(14)30/h5-6,9,11-12H,1-4,7-8,25H2,(H,26,31)/t11-,12?/m0/s1. The molecule has 2 aromatic rings. The molecule has 3 heterocycles. The lowest BCUT2D eigenvalue weighted by atomic mass is 10.1. The van der Waals surface area contributed by atoms with Gasteiger partial charge in [-0.1, -0.05) is 5.17 Å². The minimum atomic E-state index is -1.19. The lowest BCUT2D eigenvalue weighted by Gasteiger charge is -2.40. The normalized spacial score (nSPS) is 21.6. The smallest absolute Gasteiger partial charge is 0.290 e. The molecular formula is C21H20F3N5O5. The zero-order chi connectivity index (χ0) is 24.1. The number of benzene rings is 1. The van der Waals surface area contributed by atoms with Crippen molar-refractivity contribution in [2.24, 2.45) is 5.90 Å². The van der Waals surface area contributed by atoms with Gasteiger partial charge in [0.1, 0.15) is 23.0 Å². The number of nitrogens with zero attached hydrogens (tertiary/aromatic N) is 3. The second-order valence-electron chi connectivity index (χ2n) is 8.31. The van der Waals surface area contributed by atoms with Gasteiger partial charge in [0, 0.05) is 37.0 Å². The van der Waals surface area contributed by atoms with E-state index in [1.807, 2.05) is 0 Å². The van der Waals surface area contributed by atoms with Gasteiger partial charge < -0.3 is 14.7 Å². The number of hydrazine groups is 1. The Morgan fingerprint density at radius 1 is 1.18 bits per heavy atom. The number of pyridine rings is 1. The SMILES string of the molecule is NOc1c2n(cc(C(=O)NCc3c(F)cc(F)cc3F)c1=O)CCN1OC3CC[C@@H](C3)N1C2=O. The average molecular weight is 479 g/mol. The maximum absolute atomic E-state index is 13.9. The van der Waals surface area contributed by atoms with Crippen LogP contribution in [0.3, 0.4) is 0 Å². The van der Waals surface area contributed by atoms with Crippen molar-refractivity contribution in [3.63, 3.8) is 0 Å². The molecule has 10 nitrogen and oxygen atoms in total. The molecule has 3 N–H and O–H groups in total. The average Bonchev–Trinajstić information content (AvgIpc) is 3.10. The fraction of sp³-hybridized carbons (Fsp3) is 0.381. The van der Waals surface area contributed by atoms with Crippen molar-refractivity contribution >= 4 is 11.8 Å². The number of nitrogens with two attached hydrogens (primary N) is 1. The molecule has 13 heteroatoms. The molecule has 2 amide bonds. The third kappa shape index (κ3) is 3.61. The number of hydrogen-bond acceptors (Lipinski definition) is 7. The van der Waals surface area contributed by atoms with Crippen LogP contribution in [0.1, 0.15) is 45.7 Å². The molecule has 1 aromatic heterocycles. The van der Waals surface area contributed by atoms with E-state index in [2.05, 4.69) is 5.32 Å². The molecule has 2 fully saturated rings. The first kappa shape index (κ1) is 22.4. The van der Waals surface area contributed by atoms with E-state index in [4.69, 9.17) is 15.6 Å². The Kier molecular flexibility index (Phi) is 5.54. The number of aromatic nitrogens is 1. The van der Waals surface area contributed by atoms with Crippen molar-refractivity contribution in [1.29, 1.82) is 0 Å². The number of fused-ring (bicyclic) bond motifs is 5. The largest absolute Gasteiger partial charge is 0.405 e. The summed E-state index contributed by atoms with van der Waals surface area (Å²) in [5.41, 5.74) is -2.12. The summed E-state index contributed by atoms with van der Waals surface area (Å²) >= 11 is 0. The van der Waals surface area contributed by atoms with E-state index < -0.39 is 58.1 Å². The molecule has 180 valence electrons. The summed E-state index contributed by atoms with van der Waals surface area (Å²) in [7, 11) is 0. The molecule has 3 aliphatic rings.